The van der Waals surface area contributed by atoms with E-state index in [0.29, 0.717) is 12.4 Å². The summed E-state index contributed by atoms with van der Waals surface area (Å²) in [5, 5.41) is 12.4. The third-order valence-electron chi connectivity index (χ3n) is 2.35. The van der Waals surface area contributed by atoms with Crippen LogP contribution < -0.4 is 11.1 Å². The van der Waals surface area contributed by atoms with Gasteiger partial charge >= 0.3 is 0 Å². The molecule has 1 rings (SSSR count). The van der Waals surface area contributed by atoms with Crippen LogP contribution in [0.3, 0.4) is 0 Å². The van der Waals surface area contributed by atoms with Gasteiger partial charge in [-0.3, -0.25) is 0 Å². The highest BCUT2D eigenvalue weighted by molar-refractivity contribution is 5.78. The van der Waals surface area contributed by atoms with Gasteiger partial charge in [0.05, 0.1) is 12.6 Å². The maximum atomic E-state index is 9.34. The molecule has 4 nitrogen and oxygen atoms in total. The first-order chi connectivity index (χ1) is 8.40. The van der Waals surface area contributed by atoms with Gasteiger partial charge in [-0.2, -0.15) is 0 Å². The number of aliphatic hydroxyl groups is 1. The van der Waals surface area contributed by atoms with Crippen molar-refractivity contribution in [3.05, 3.63) is 35.9 Å². The summed E-state index contributed by atoms with van der Waals surface area (Å²) < 4.78 is 0. The molecule has 0 radical (unpaired) electrons. The molecule has 1 atom stereocenters. The Morgan fingerprint density at radius 1 is 1.33 bits per heavy atom. The number of guanidine groups is 1. The molecule has 0 saturated carbocycles. The Balaban J connectivity index is 2.64. The van der Waals surface area contributed by atoms with Crippen molar-refractivity contribution in [1.82, 2.24) is 5.32 Å². The SMILES string of the molecule is CC(C)(C)NC(N)=NC(CO)Cc1ccccc1. The van der Waals surface area contributed by atoms with E-state index in [-0.39, 0.29) is 18.2 Å². The molecule has 0 heterocycles. The zero-order valence-corrected chi connectivity index (χ0v) is 11.4. The van der Waals surface area contributed by atoms with E-state index < -0.39 is 0 Å². The highest BCUT2D eigenvalue weighted by Crippen LogP contribution is 2.06. The van der Waals surface area contributed by atoms with Crippen LogP contribution in [-0.4, -0.2) is 29.3 Å². The number of nitrogens with two attached hydrogens (primary N) is 1. The lowest BCUT2D eigenvalue weighted by Crippen LogP contribution is -2.45. The average molecular weight is 249 g/mol. The van der Waals surface area contributed by atoms with Gasteiger partial charge in [0.1, 0.15) is 0 Å². The monoisotopic (exact) mass is 249 g/mol. The van der Waals surface area contributed by atoms with E-state index in [4.69, 9.17) is 5.73 Å². The van der Waals surface area contributed by atoms with E-state index in [2.05, 4.69) is 10.3 Å². The van der Waals surface area contributed by atoms with Crippen LogP contribution in [-0.2, 0) is 6.42 Å². The number of hydrogen-bond acceptors (Lipinski definition) is 2. The van der Waals surface area contributed by atoms with Gasteiger partial charge in [-0.1, -0.05) is 30.3 Å². The summed E-state index contributed by atoms with van der Waals surface area (Å²) in [4.78, 5) is 4.31. The Kier molecular flexibility index (Phi) is 5.16. The second-order valence-corrected chi connectivity index (χ2v) is 5.42. The maximum absolute atomic E-state index is 9.34. The number of aliphatic imine (C=N–C) groups is 1. The van der Waals surface area contributed by atoms with Crippen molar-refractivity contribution in [1.29, 1.82) is 0 Å². The quantitative estimate of drug-likeness (QED) is 0.556. The first-order valence-corrected chi connectivity index (χ1v) is 6.17. The van der Waals surface area contributed by atoms with Crippen molar-refractivity contribution >= 4 is 5.96 Å². The summed E-state index contributed by atoms with van der Waals surface area (Å²) in [6.07, 6.45) is 0.684. The van der Waals surface area contributed by atoms with Gasteiger partial charge in [-0.15, -0.1) is 0 Å². The summed E-state index contributed by atoms with van der Waals surface area (Å²) >= 11 is 0. The molecule has 1 aromatic carbocycles. The predicted octanol–water partition coefficient (Wildman–Crippen LogP) is 1.29. The molecule has 0 aromatic heterocycles. The number of hydrogen-bond donors (Lipinski definition) is 3. The molecule has 1 unspecified atom stereocenters. The van der Waals surface area contributed by atoms with E-state index in [1.54, 1.807) is 0 Å². The number of aliphatic hydroxyl groups excluding tert-OH is 1. The predicted molar refractivity (Wildman–Crippen MR) is 75.5 cm³/mol. The smallest absolute Gasteiger partial charge is 0.189 e. The fraction of sp³-hybridized carbons (Fsp3) is 0.500. The van der Waals surface area contributed by atoms with Gasteiger partial charge in [0.2, 0.25) is 0 Å². The summed E-state index contributed by atoms with van der Waals surface area (Å²) in [5.41, 5.74) is 6.84. The molecule has 0 spiro atoms. The van der Waals surface area contributed by atoms with Crippen LogP contribution in [0.5, 0.6) is 0 Å². The first-order valence-electron chi connectivity index (χ1n) is 6.17. The minimum absolute atomic E-state index is 0.0125. The van der Waals surface area contributed by atoms with E-state index in [1.165, 1.54) is 0 Å². The van der Waals surface area contributed by atoms with E-state index in [1.807, 2.05) is 51.1 Å². The van der Waals surface area contributed by atoms with Crippen molar-refractivity contribution in [3.8, 4) is 0 Å². The Hall–Kier alpha value is -1.55. The third kappa shape index (κ3) is 5.68. The summed E-state index contributed by atoms with van der Waals surface area (Å²) in [6, 6.07) is 9.75. The molecule has 18 heavy (non-hydrogen) atoms. The Morgan fingerprint density at radius 2 is 1.94 bits per heavy atom. The second-order valence-electron chi connectivity index (χ2n) is 5.42. The van der Waals surface area contributed by atoms with Crippen LogP contribution in [0.4, 0.5) is 0 Å². The molecule has 0 aliphatic heterocycles. The molecule has 4 N–H and O–H groups in total. The van der Waals surface area contributed by atoms with Crippen molar-refractivity contribution in [2.24, 2.45) is 10.7 Å². The fourth-order valence-electron chi connectivity index (χ4n) is 1.65. The molecular formula is C14H23N3O. The Bertz CT molecular complexity index is 382. The van der Waals surface area contributed by atoms with Crippen molar-refractivity contribution in [2.45, 2.75) is 38.8 Å². The van der Waals surface area contributed by atoms with Crippen LogP contribution in [0, 0.1) is 0 Å². The highest BCUT2D eigenvalue weighted by Gasteiger charge is 2.12. The van der Waals surface area contributed by atoms with E-state index in [0.717, 1.165) is 5.56 Å². The fourth-order valence-corrected chi connectivity index (χ4v) is 1.65. The van der Waals surface area contributed by atoms with Gasteiger partial charge in [-0.25, -0.2) is 4.99 Å². The summed E-state index contributed by atoms with van der Waals surface area (Å²) in [5.74, 6) is 0.373. The van der Waals surface area contributed by atoms with Crippen LogP contribution in [0.2, 0.25) is 0 Å². The van der Waals surface area contributed by atoms with Gasteiger partial charge < -0.3 is 16.2 Å². The normalized spacial score (nSPS) is 14.3. The van der Waals surface area contributed by atoms with Crippen LogP contribution >= 0.6 is 0 Å². The molecule has 0 aliphatic carbocycles. The van der Waals surface area contributed by atoms with Crippen molar-refractivity contribution in [3.63, 3.8) is 0 Å². The van der Waals surface area contributed by atoms with Gasteiger partial charge in [-0.05, 0) is 32.8 Å². The third-order valence-corrected chi connectivity index (χ3v) is 2.35. The van der Waals surface area contributed by atoms with Crippen LogP contribution in [0.15, 0.2) is 35.3 Å². The number of nitrogens with zero attached hydrogens (tertiary/aromatic N) is 1. The lowest BCUT2D eigenvalue weighted by Gasteiger charge is -2.22. The Morgan fingerprint density at radius 3 is 2.44 bits per heavy atom. The van der Waals surface area contributed by atoms with Crippen molar-refractivity contribution in [2.75, 3.05) is 6.61 Å². The van der Waals surface area contributed by atoms with Gasteiger partial charge in [0.25, 0.3) is 0 Å². The zero-order chi connectivity index (χ0) is 13.6. The Labute approximate surface area is 109 Å². The van der Waals surface area contributed by atoms with Crippen LogP contribution in [0.1, 0.15) is 26.3 Å². The molecule has 0 amide bonds. The maximum Gasteiger partial charge on any atom is 0.189 e. The van der Waals surface area contributed by atoms with E-state index in [9.17, 15) is 5.11 Å². The highest BCUT2D eigenvalue weighted by atomic mass is 16.3. The number of rotatable bonds is 4. The van der Waals surface area contributed by atoms with Gasteiger partial charge in [0, 0.05) is 5.54 Å². The lowest BCUT2D eigenvalue weighted by molar-refractivity contribution is 0.265. The number of benzene rings is 1. The number of nitrogens with one attached hydrogen (secondary N) is 1. The average Bonchev–Trinajstić information content (AvgIpc) is 2.27. The summed E-state index contributed by atoms with van der Waals surface area (Å²) in [7, 11) is 0. The van der Waals surface area contributed by atoms with Gasteiger partial charge in [0.15, 0.2) is 5.96 Å². The minimum atomic E-state index is -0.206. The lowest BCUT2D eigenvalue weighted by atomic mass is 10.1. The summed E-state index contributed by atoms with van der Waals surface area (Å²) in [6.45, 7) is 6.03. The van der Waals surface area contributed by atoms with Crippen LogP contribution in [0.25, 0.3) is 0 Å². The molecule has 0 saturated heterocycles. The topological polar surface area (TPSA) is 70.6 Å². The van der Waals surface area contributed by atoms with Crippen molar-refractivity contribution < 1.29 is 5.11 Å². The van der Waals surface area contributed by atoms with E-state index >= 15 is 0 Å². The second kappa shape index (κ2) is 6.40. The molecule has 0 aliphatic rings. The largest absolute Gasteiger partial charge is 0.394 e. The molecule has 4 heteroatoms. The molecule has 0 bridgehead atoms. The molecule has 0 fully saturated rings. The minimum Gasteiger partial charge on any atom is -0.394 e. The first kappa shape index (κ1) is 14.5. The molecule has 100 valence electrons. The molecule has 1 aromatic rings. The standard InChI is InChI=1S/C14H23N3O/c1-14(2,3)17-13(15)16-12(10-18)9-11-7-5-4-6-8-11/h4-8,12,18H,9-10H2,1-3H3,(H3,15,16,17). The zero-order valence-electron chi connectivity index (χ0n) is 11.4. The molecular weight excluding hydrogens is 226 g/mol.